The summed E-state index contributed by atoms with van der Waals surface area (Å²) in [5.41, 5.74) is 19.1. The fourth-order valence-corrected chi connectivity index (χ4v) is 26.9. The number of esters is 2. The first-order valence-electron chi connectivity index (χ1n) is 41.9. The van der Waals surface area contributed by atoms with E-state index in [1.165, 1.54) is 90.3 Å². The SMILES string of the molecule is CC1(C)CNC(=O)c2sc(Cc3ccc(I)cc3Cl)cc2C1N.CCOC(=O)c1c(Cc2ccc(I)cc2F)sc2c1CC(C)(C)CNC2=O.CCOC(=O)c1c(Cc2ccc(I)cc2F)sc2c1CC(C)(C)Cn1cnnc1-2.NC1CON(C(=O)c2c(Cc3ccc(I)cc3F)sc3ncccc23)C1.O=S(=O)(c1c(Cc2ccc(I)cc2F)sc2ncccc12)N1CCCC1. The van der Waals surface area contributed by atoms with E-state index < -0.39 is 16.0 Å². The maximum atomic E-state index is 14.5. The first-order valence-corrected chi connectivity index (χ1v) is 53.2. The van der Waals surface area contributed by atoms with Crippen molar-refractivity contribution >= 4 is 241 Å². The van der Waals surface area contributed by atoms with Gasteiger partial charge in [-0.1, -0.05) is 83.5 Å². The Hall–Kier alpha value is -6.64. The minimum absolute atomic E-state index is 0.0222. The molecule has 688 valence electrons. The second kappa shape index (κ2) is 43.0. The number of aromatic nitrogens is 5. The van der Waals surface area contributed by atoms with Gasteiger partial charge < -0.3 is 36.1 Å². The Balaban J connectivity index is 0.000000132. The fraction of sp³-hybridized carbons (Fsp3) is 0.330. The quantitative estimate of drug-likeness (QED) is 0.0374. The molecule has 18 rings (SSSR count). The topological polar surface area (TPSA) is 286 Å². The number of carbonyl (C=O) groups excluding carboxylic acids is 5. The van der Waals surface area contributed by atoms with Crippen molar-refractivity contribution in [1.29, 1.82) is 0 Å². The Kier molecular flexibility index (Phi) is 32.9. The summed E-state index contributed by atoms with van der Waals surface area (Å²) < 4.78 is 103. The summed E-state index contributed by atoms with van der Waals surface area (Å²) in [7, 11) is -3.61. The van der Waals surface area contributed by atoms with Crippen LogP contribution >= 0.6 is 181 Å². The van der Waals surface area contributed by atoms with Crippen molar-refractivity contribution in [2.24, 2.45) is 27.7 Å². The summed E-state index contributed by atoms with van der Waals surface area (Å²) in [4.78, 5) is 85.6. The highest BCUT2D eigenvalue weighted by Gasteiger charge is 2.41. The number of rotatable bonds is 17. The van der Waals surface area contributed by atoms with Gasteiger partial charge in [0.05, 0.1) is 63.7 Å². The highest BCUT2D eigenvalue weighted by molar-refractivity contribution is 14.1. The molecule has 0 saturated carbocycles. The van der Waals surface area contributed by atoms with Crippen LogP contribution in [-0.2, 0) is 75.8 Å². The first-order chi connectivity index (χ1) is 62.3. The average Bonchev–Trinajstić information content (AvgIpc) is 1.04. The maximum Gasteiger partial charge on any atom is 0.339 e. The predicted octanol–water partition coefficient (Wildman–Crippen LogP) is 21.8. The normalized spacial score (nSPS) is 16.5. The van der Waals surface area contributed by atoms with Gasteiger partial charge in [0.2, 0.25) is 10.0 Å². The highest BCUT2D eigenvalue weighted by Crippen LogP contribution is 2.47. The molecule has 2 saturated heterocycles. The minimum Gasteiger partial charge on any atom is -0.462 e. The van der Waals surface area contributed by atoms with Crippen molar-refractivity contribution in [3.8, 4) is 10.7 Å². The van der Waals surface area contributed by atoms with Gasteiger partial charge in [0, 0.05) is 147 Å². The lowest BCUT2D eigenvalue weighted by atomic mass is 9.82. The third-order valence-corrected chi connectivity index (χ3v) is 34.2. The van der Waals surface area contributed by atoms with Gasteiger partial charge >= 0.3 is 11.9 Å². The number of halogens is 10. The molecule has 5 aliphatic rings. The van der Waals surface area contributed by atoms with Crippen molar-refractivity contribution < 1.29 is 64.3 Å². The zero-order chi connectivity index (χ0) is 93.9. The van der Waals surface area contributed by atoms with E-state index in [9.17, 15) is 50.0 Å². The van der Waals surface area contributed by atoms with Crippen LogP contribution in [0.25, 0.3) is 31.1 Å². The molecule has 0 spiro atoms. The van der Waals surface area contributed by atoms with Crippen LogP contribution in [0.5, 0.6) is 0 Å². The summed E-state index contributed by atoms with van der Waals surface area (Å²) in [6.07, 6.45) is 9.99. The van der Waals surface area contributed by atoms with Gasteiger partial charge in [-0.05, 0) is 299 Å². The average molecular weight is 2470 g/mol. The van der Waals surface area contributed by atoms with Crippen LogP contribution in [0.2, 0.25) is 5.02 Å². The number of ether oxygens (including phenoxy) is 2. The van der Waals surface area contributed by atoms with Crippen molar-refractivity contribution in [3.63, 3.8) is 0 Å². The van der Waals surface area contributed by atoms with E-state index in [2.05, 4.69) is 178 Å². The number of sulfonamides is 1. The molecule has 2 atom stereocenters. The number of pyridine rings is 2. The van der Waals surface area contributed by atoms with Gasteiger partial charge in [0.1, 0.15) is 44.2 Å². The molecular weight excluding hydrogens is 2380 g/mol. The second-order valence-electron chi connectivity index (χ2n) is 34.2. The molecule has 21 nitrogen and oxygen atoms in total. The van der Waals surface area contributed by atoms with E-state index in [4.69, 9.17) is 37.4 Å². The fourth-order valence-electron chi connectivity index (χ4n) is 16.0. The number of hydrogen-bond acceptors (Lipinski definition) is 21. The van der Waals surface area contributed by atoms with Crippen LogP contribution in [0.3, 0.4) is 0 Å². The molecule has 5 aliphatic heterocycles. The number of nitrogens with two attached hydrogens (primary N) is 2. The Morgan fingerprint density at radius 2 is 1.04 bits per heavy atom. The van der Waals surface area contributed by atoms with Crippen LogP contribution in [0.15, 0.2) is 145 Å². The minimum atomic E-state index is -3.61. The Labute approximate surface area is 849 Å². The monoisotopic (exact) mass is 2470 g/mol. The number of benzene rings is 5. The standard InChI is InChI=1S/C21H21FIN3O2S.C20H21FINO3S.C18H15FIN3O2S.C18H16FIN2O2S2.C17H18ClIN2OS/c1-4-28-20(27)17-14-9-21(2,3)10-26-11-24-25-19(26)18(14)29-16(17)7-12-5-6-13(23)8-15(12)22;1-4-26-19(25)16-13-9-20(2,3)10-23-18(24)17(13)27-15(16)7-11-5-6-12(22)8-14(11)21;19-14-7-11(20)4-3-10(14)6-15-16(13-2-1-5-22-17(13)26-15)18(24)23-8-12(21)9-25-23;19-15-11-13(20)6-5-12(15)10-16-17(14-4-3-7-21-18(14)25-16)26(23,24)22-8-1-2-9-22;1-17(2)8-21-16(22)14-12(15(17)20)7-11(23-14)5-9-3-4-10(19)6-13(9)18/h5-6,8,11H,4,7,9-10H2,1-3H3;5-6,8H,4,7,9-10H2,1-3H3,(H,23,24);1-5,7,12H,6,8-9,21H2;3-7,11H,1-2,8-10H2;3-4,6-7,15H,5,8,20H2,1-2H3,(H,21,22). The predicted molar refractivity (Wildman–Crippen MR) is 551 cm³/mol. The third kappa shape index (κ3) is 23.6. The van der Waals surface area contributed by atoms with Gasteiger partial charge in [-0.3, -0.25) is 19.2 Å². The zero-order valence-electron chi connectivity index (χ0n) is 72.3. The Morgan fingerprint density at radius 1 is 0.573 bits per heavy atom. The number of thiophene rings is 5. The largest absolute Gasteiger partial charge is 0.462 e. The van der Waals surface area contributed by atoms with Crippen molar-refractivity contribution in [1.82, 2.24) is 44.7 Å². The Bertz CT molecular complexity index is 6650. The lowest BCUT2D eigenvalue weighted by Gasteiger charge is -2.29. The number of nitrogens with one attached hydrogen (secondary N) is 2. The van der Waals surface area contributed by atoms with Gasteiger partial charge in [0.15, 0.2) is 5.82 Å². The zero-order valence-corrected chi connectivity index (χ0v) is 88.7. The third-order valence-electron chi connectivity index (χ3n) is 22.5. The van der Waals surface area contributed by atoms with E-state index >= 15 is 0 Å². The number of hydrogen-bond donors (Lipinski definition) is 4. The molecule has 2 unspecified atom stereocenters. The molecule has 13 aromatic rings. The van der Waals surface area contributed by atoms with Crippen LogP contribution in [0, 0.1) is 57.4 Å². The van der Waals surface area contributed by atoms with E-state index in [1.54, 1.807) is 75.0 Å². The molecule has 37 heteroatoms. The van der Waals surface area contributed by atoms with Crippen molar-refractivity contribution in [2.45, 2.75) is 137 Å². The summed E-state index contributed by atoms with van der Waals surface area (Å²) in [5, 5.41) is 17.8. The lowest BCUT2D eigenvalue weighted by molar-refractivity contribution is -0.0768. The molecule has 0 aliphatic carbocycles. The van der Waals surface area contributed by atoms with E-state index in [0.29, 0.717) is 147 Å². The summed E-state index contributed by atoms with van der Waals surface area (Å²) in [6, 6.07) is 35.3. The molecular formula is C94H91ClF4I5N11O10S6. The molecule has 131 heavy (non-hydrogen) atoms. The number of amides is 3. The van der Waals surface area contributed by atoms with Crippen LogP contribution in [0.4, 0.5) is 17.6 Å². The summed E-state index contributed by atoms with van der Waals surface area (Å²) in [6.45, 7) is 20.3. The number of nitrogens with zero attached hydrogens (tertiary/aromatic N) is 7. The van der Waals surface area contributed by atoms with Gasteiger partial charge in [0.25, 0.3) is 17.7 Å². The lowest BCUT2D eigenvalue weighted by Crippen LogP contribution is -2.37. The number of fused-ring (bicyclic) bond motifs is 7. The van der Waals surface area contributed by atoms with Gasteiger partial charge in [-0.2, -0.15) is 4.31 Å². The van der Waals surface area contributed by atoms with E-state index in [1.807, 2.05) is 66.9 Å². The number of hydroxylamine groups is 2. The van der Waals surface area contributed by atoms with Crippen LogP contribution in [0.1, 0.15) is 194 Å². The van der Waals surface area contributed by atoms with Crippen molar-refractivity contribution in [2.75, 3.05) is 52.5 Å². The van der Waals surface area contributed by atoms with Crippen molar-refractivity contribution in [3.05, 3.63) is 282 Å². The summed E-state index contributed by atoms with van der Waals surface area (Å²) in [5.74, 6) is -1.66. The molecule has 5 aromatic carbocycles. The van der Waals surface area contributed by atoms with Crippen LogP contribution < -0.4 is 22.1 Å². The maximum absolute atomic E-state index is 14.5. The first kappa shape index (κ1) is 100. The molecule has 8 aromatic heterocycles. The van der Waals surface area contributed by atoms with E-state index in [-0.39, 0.29) is 94.7 Å². The Morgan fingerprint density at radius 3 is 1.56 bits per heavy atom. The smallest absolute Gasteiger partial charge is 0.339 e. The summed E-state index contributed by atoms with van der Waals surface area (Å²) >= 11 is 23.9. The molecule has 0 radical (unpaired) electrons. The number of carbonyl (C=O) groups is 5. The van der Waals surface area contributed by atoms with Gasteiger partial charge in [-0.15, -0.1) is 66.9 Å². The molecule has 0 bridgehead atoms. The van der Waals surface area contributed by atoms with Crippen LogP contribution in [-0.4, -0.2) is 131 Å². The molecule has 2 fully saturated rings. The van der Waals surface area contributed by atoms with E-state index in [0.717, 1.165) is 105 Å². The van der Waals surface area contributed by atoms with Gasteiger partial charge in [-0.25, -0.2) is 50.6 Å². The molecule has 6 N–H and O–H groups in total. The highest BCUT2D eigenvalue weighted by atomic mass is 127. The molecule has 3 amide bonds. The second-order valence-corrected chi connectivity index (χ2v) is 48.2. The molecule has 13 heterocycles.